The Kier molecular flexibility index (Phi) is 6.04. The molecule has 14 heteroatoms. The molecule has 9 nitrogen and oxygen atoms in total. The van der Waals surface area contributed by atoms with E-state index in [9.17, 15) is 27.2 Å². The van der Waals surface area contributed by atoms with Gasteiger partial charge in [0.05, 0.1) is 17.2 Å². The van der Waals surface area contributed by atoms with E-state index in [0.29, 0.717) is 24.3 Å². The first-order valence-electron chi connectivity index (χ1n) is 10.5. The van der Waals surface area contributed by atoms with Crippen molar-refractivity contribution in [1.82, 2.24) is 24.7 Å². The normalized spacial score (nSPS) is 19.5. The zero-order chi connectivity index (χ0) is 25.4. The minimum Gasteiger partial charge on any atom is -0.351 e. The van der Waals surface area contributed by atoms with Crippen molar-refractivity contribution in [3.63, 3.8) is 0 Å². The van der Waals surface area contributed by atoms with E-state index in [1.165, 1.54) is 6.20 Å². The van der Waals surface area contributed by atoms with Gasteiger partial charge in [-0.25, -0.2) is 13.5 Å². The van der Waals surface area contributed by atoms with Gasteiger partial charge in [0, 0.05) is 37.0 Å². The Labute approximate surface area is 196 Å². The summed E-state index contributed by atoms with van der Waals surface area (Å²) in [6.45, 7) is 5.22. The van der Waals surface area contributed by atoms with Crippen LogP contribution in [0.25, 0.3) is 5.95 Å². The maximum absolute atomic E-state index is 13.2. The maximum atomic E-state index is 13.2. The Bertz CT molecular complexity index is 1230. The smallest absolute Gasteiger partial charge is 0.351 e. The second kappa shape index (κ2) is 8.71. The quantitative estimate of drug-likeness (QED) is 0.411. The zero-order valence-corrected chi connectivity index (χ0v) is 18.4. The largest absolute Gasteiger partial charge is 0.435 e. The number of aliphatic imine (C=N–C) groups is 1. The van der Waals surface area contributed by atoms with Crippen LogP contribution < -0.4 is 10.6 Å². The van der Waals surface area contributed by atoms with Crippen LogP contribution in [0, 0.1) is 16.7 Å². The molecule has 0 aliphatic heterocycles. The number of nitriles is 1. The summed E-state index contributed by atoms with van der Waals surface area (Å²) in [6.07, 6.45) is -0.239. The van der Waals surface area contributed by atoms with Crippen LogP contribution in [0.5, 0.6) is 0 Å². The van der Waals surface area contributed by atoms with Gasteiger partial charge in [0.2, 0.25) is 11.9 Å². The molecule has 0 aromatic carbocycles. The second-order valence-corrected chi connectivity index (χ2v) is 8.37. The fraction of sp³-hybridized carbons (Fsp3) is 0.429. The number of hydrogen-bond acceptors (Lipinski definition) is 8. The molecule has 0 bridgehead atoms. The molecule has 2 aromatic rings. The number of alkyl halides is 5. The molecular weight excluding hydrogens is 473 g/mol. The van der Waals surface area contributed by atoms with Gasteiger partial charge in [0.15, 0.2) is 5.69 Å². The summed E-state index contributed by atoms with van der Waals surface area (Å²) in [6, 6.07) is 2.39. The van der Waals surface area contributed by atoms with Gasteiger partial charge >= 0.3 is 6.18 Å². The Morgan fingerprint density at radius 2 is 1.94 bits per heavy atom. The topological polar surface area (TPSA) is 117 Å². The lowest BCUT2D eigenvalue weighted by atomic mass is 9.88. The summed E-state index contributed by atoms with van der Waals surface area (Å²) in [5.41, 5.74) is -0.881. The van der Waals surface area contributed by atoms with E-state index in [1.807, 2.05) is 0 Å². The van der Waals surface area contributed by atoms with E-state index < -0.39 is 42.1 Å². The van der Waals surface area contributed by atoms with E-state index in [2.05, 4.69) is 48.3 Å². The number of hydrogen-bond donors (Lipinski definition) is 2. The average Bonchev–Trinajstić information content (AvgIpc) is 3.37. The van der Waals surface area contributed by atoms with Crippen molar-refractivity contribution in [3.05, 3.63) is 42.5 Å². The number of anilines is 2. The van der Waals surface area contributed by atoms with Crippen LogP contribution in [-0.4, -0.2) is 42.4 Å². The van der Waals surface area contributed by atoms with E-state index in [0.717, 1.165) is 16.9 Å². The van der Waals surface area contributed by atoms with E-state index >= 15 is 0 Å². The molecule has 0 radical (unpaired) electrons. The molecule has 0 spiro atoms. The molecule has 35 heavy (non-hydrogen) atoms. The molecule has 2 heterocycles. The molecule has 2 aliphatic carbocycles. The summed E-state index contributed by atoms with van der Waals surface area (Å²) < 4.78 is 66.3. The molecule has 2 N–H and O–H groups in total. The number of nitrogens with one attached hydrogen (secondary N) is 2. The number of nitrogens with zero attached hydrogens (tertiary/aromatic N) is 7. The SMILES string of the molecule is C=C/N=C(\C=C(/C)Nc1nc(NC2CC(F)(F)C2)nc(-n2ccc(C(F)(F)F)n2)n1)C1(C#N)CC1. The van der Waals surface area contributed by atoms with Crippen molar-refractivity contribution in [2.45, 2.75) is 50.7 Å². The highest BCUT2D eigenvalue weighted by Gasteiger charge is 2.47. The van der Waals surface area contributed by atoms with Gasteiger partial charge in [-0.1, -0.05) is 6.58 Å². The fourth-order valence-electron chi connectivity index (χ4n) is 3.49. The third-order valence-corrected chi connectivity index (χ3v) is 5.48. The van der Waals surface area contributed by atoms with Crippen molar-refractivity contribution >= 4 is 17.6 Å². The van der Waals surface area contributed by atoms with Crippen molar-refractivity contribution in [3.8, 4) is 12.0 Å². The number of rotatable bonds is 8. The first kappa shape index (κ1) is 24.2. The standard InChI is InChI=1S/C21H20F5N9/c1-3-28-15(19(11-27)5-6-19)8-12(2)29-16-31-17(30-13-9-20(22,23)10-13)33-18(32-16)35-7-4-14(34-35)21(24,25)26/h3-4,7-8,13H,1,5-6,9-10H2,2H3,(H2,29,30,31,32,33)/b12-8+,28-15+. The zero-order valence-electron chi connectivity index (χ0n) is 18.4. The molecule has 0 saturated heterocycles. The minimum absolute atomic E-state index is 0.0684. The molecule has 2 aliphatic rings. The predicted molar refractivity (Wildman–Crippen MR) is 116 cm³/mol. The van der Waals surface area contributed by atoms with Crippen LogP contribution >= 0.6 is 0 Å². The first-order chi connectivity index (χ1) is 16.4. The van der Waals surface area contributed by atoms with E-state index in [-0.39, 0.29) is 17.8 Å². The monoisotopic (exact) mass is 493 g/mol. The second-order valence-electron chi connectivity index (χ2n) is 8.37. The minimum atomic E-state index is -4.67. The molecule has 2 saturated carbocycles. The van der Waals surface area contributed by atoms with Gasteiger partial charge in [0.25, 0.3) is 11.9 Å². The van der Waals surface area contributed by atoms with Gasteiger partial charge in [0.1, 0.15) is 0 Å². The summed E-state index contributed by atoms with van der Waals surface area (Å²) in [5, 5.41) is 18.6. The molecular formula is C21H20F5N9. The van der Waals surface area contributed by atoms with Crippen LogP contribution in [0.3, 0.4) is 0 Å². The maximum Gasteiger partial charge on any atom is 0.435 e. The predicted octanol–water partition coefficient (Wildman–Crippen LogP) is 4.49. The Morgan fingerprint density at radius 1 is 1.26 bits per heavy atom. The van der Waals surface area contributed by atoms with Crippen LogP contribution in [0.15, 0.2) is 41.8 Å². The lowest BCUT2D eigenvalue weighted by Crippen LogP contribution is -2.44. The summed E-state index contributed by atoms with van der Waals surface area (Å²) >= 11 is 0. The van der Waals surface area contributed by atoms with Gasteiger partial charge < -0.3 is 10.6 Å². The summed E-state index contributed by atoms with van der Waals surface area (Å²) in [7, 11) is 0. The van der Waals surface area contributed by atoms with Crippen LogP contribution in [0.1, 0.15) is 38.3 Å². The number of aromatic nitrogens is 5. The molecule has 2 aromatic heterocycles. The van der Waals surface area contributed by atoms with Crippen molar-refractivity contribution in [2.75, 3.05) is 10.6 Å². The van der Waals surface area contributed by atoms with Crippen LogP contribution in [-0.2, 0) is 6.18 Å². The Morgan fingerprint density at radius 3 is 2.49 bits per heavy atom. The molecule has 0 atom stereocenters. The highest BCUT2D eigenvalue weighted by molar-refractivity contribution is 6.04. The lowest BCUT2D eigenvalue weighted by Gasteiger charge is -2.35. The van der Waals surface area contributed by atoms with Crippen LogP contribution in [0.2, 0.25) is 0 Å². The molecule has 2 fully saturated rings. The third-order valence-electron chi connectivity index (χ3n) is 5.48. The van der Waals surface area contributed by atoms with E-state index in [1.54, 1.807) is 13.0 Å². The highest BCUT2D eigenvalue weighted by Crippen LogP contribution is 2.47. The molecule has 184 valence electrons. The molecule has 0 amide bonds. The van der Waals surface area contributed by atoms with Crippen LogP contribution in [0.4, 0.5) is 33.8 Å². The van der Waals surface area contributed by atoms with Gasteiger partial charge in [-0.05, 0) is 31.9 Å². The Balaban J connectivity index is 1.64. The van der Waals surface area contributed by atoms with Gasteiger partial charge in [-0.3, -0.25) is 4.99 Å². The summed E-state index contributed by atoms with van der Waals surface area (Å²) in [5.74, 6) is -3.22. The summed E-state index contributed by atoms with van der Waals surface area (Å²) in [4.78, 5) is 16.5. The third kappa shape index (κ3) is 5.44. The van der Waals surface area contributed by atoms with Crippen molar-refractivity contribution in [2.24, 2.45) is 10.4 Å². The van der Waals surface area contributed by atoms with E-state index in [4.69, 9.17) is 0 Å². The lowest BCUT2D eigenvalue weighted by molar-refractivity contribution is -0.141. The average molecular weight is 493 g/mol. The number of halogens is 5. The number of allylic oxidation sites excluding steroid dienone is 2. The van der Waals surface area contributed by atoms with Gasteiger partial charge in [-0.15, -0.1) is 0 Å². The molecule has 0 unspecified atom stereocenters. The Hall–Kier alpha value is -3.89. The fourth-order valence-corrected chi connectivity index (χ4v) is 3.49. The van der Waals surface area contributed by atoms with Gasteiger partial charge in [-0.2, -0.15) is 38.5 Å². The van der Waals surface area contributed by atoms with Crippen molar-refractivity contribution < 1.29 is 22.0 Å². The highest BCUT2D eigenvalue weighted by atomic mass is 19.4. The molecule has 4 rings (SSSR count). The first-order valence-corrected chi connectivity index (χ1v) is 10.5. The van der Waals surface area contributed by atoms with Crippen molar-refractivity contribution in [1.29, 1.82) is 5.26 Å².